The summed E-state index contributed by atoms with van der Waals surface area (Å²) in [4.78, 5) is 16.9. The van der Waals surface area contributed by atoms with E-state index in [4.69, 9.17) is 0 Å². The summed E-state index contributed by atoms with van der Waals surface area (Å²) in [5, 5.41) is 0. The van der Waals surface area contributed by atoms with E-state index in [0.717, 1.165) is 17.7 Å². The molecule has 0 radical (unpaired) electrons. The highest BCUT2D eigenvalue weighted by Crippen LogP contribution is 2.25. The molecule has 0 amide bonds. The van der Waals surface area contributed by atoms with Gasteiger partial charge in [-0.1, -0.05) is 19.3 Å². The van der Waals surface area contributed by atoms with Crippen molar-refractivity contribution in [3.8, 4) is 0 Å². The van der Waals surface area contributed by atoms with Crippen LogP contribution in [-0.4, -0.2) is 10.8 Å². The Bertz CT molecular complexity index is 288. The lowest BCUT2D eigenvalue weighted by Crippen LogP contribution is -2.19. The van der Waals surface area contributed by atoms with Gasteiger partial charge in [0.25, 0.3) is 0 Å². The average molecular weight is 209 g/mol. The fourth-order valence-corrected chi connectivity index (χ4v) is 2.67. The van der Waals surface area contributed by atoms with Crippen molar-refractivity contribution in [1.82, 2.24) is 4.98 Å². The van der Waals surface area contributed by atoms with Gasteiger partial charge in [-0.15, -0.1) is 11.3 Å². The zero-order valence-electron chi connectivity index (χ0n) is 8.24. The lowest BCUT2D eigenvalue weighted by atomic mass is 9.85. The van der Waals surface area contributed by atoms with Crippen LogP contribution >= 0.6 is 11.3 Å². The highest BCUT2D eigenvalue weighted by molar-refractivity contribution is 7.09. The largest absolute Gasteiger partial charge is 0.299 e. The van der Waals surface area contributed by atoms with Gasteiger partial charge < -0.3 is 0 Å². The summed E-state index contributed by atoms with van der Waals surface area (Å²) < 4.78 is 0. The number of carbonyl (C=O) groups excluding carboxylic acids is 1. The second-order valence-corrected chi connectivity index (χ2v) is 4.92. The molecule has 76 valence electrons. The van der Waals surface area contributed by atoms with Gasteiger partial charge in [-0.2, -0.15) is 0 Å². The van der Waals surface area contributed by atoms with Crippen molar-refractivity contribution in [2.45, 2.75) is 38.5 Å². The van der Waals surface area contributed by atoms with E-state index in [2.05, 4.69) is 4.98 Å². The lowest BCUT2D eigenvalue weighted by Gasteiger charge is -2.19. The molecule has 2 nitrogen and oxygen atoms in total. The van der Waals surface area contributed by atoms with Crippen molar-refractivity contribution in [3.05, 3.63) is 16.6 Å². The Morgan fingerprint density at radius 2 is 2.21 bits per heavy atom. The van der Waals surface area contributed by atoms with Gasteiger partial charge in [0.05, 0.1) is 5.51 Å². The predicted molar refractivity (Wildman–Crippen MR) is 57.4 cm³/mol. The van der Waals surface area contributed by atoms with Crippen LogP contribution < -0.4 is 0 Å². The predicted octanol–water partition coefficient (Wildman–Crippen LogP) is 2.84. The minimum Gasteiger partial charge on any atom is -0.299 e. The maximum atomic E-state index is 11.8. The average Bonchev–Trinajstić information content (AvgIpc) is 2.72. The maximum Gasteiger partial charge on any atom is 0.141 e. The van der Waals surface area contributed by atoms with Crippen LogP contribution in [0.15, 0.2) is 11.7 Å². The van der Waals surface area contributed by atoms with E-state index in [9.17, 15) is 4.79 Å². The summed E-state index contributed by atoms with van der Waals surface area (Å²) in [6, 6.07) is 0. The highest BCUT2D eigenvalue weighted by atomic mass is 32.1. The molecule has 0 unspecified atom stereocenters. The summed E-state index contributed by atoms with van der Waals surface area (Å²) in [5.74, 6) is 0.764. The van der Waals surface area contributed by atoms with Gasteiger partial charge in [0.1, 0.15) is 5.78 Å². The summed E-state index contributed by atoms with van der Waals surface area (Å²) >= 11 is 1.58. The quantitative estimate of drug-likeness (QED) is 0.766. The minimum absolute atomic E-state index is 0.339. The summed E-state index contributed by atoms with van der Waals surface area (Å²) in [5.41, 5.74) is 1.80. The van der Waals surface area contributed by atoms with Gasteiger partial charge in [-0.05, 0) is 12.8 Å². The highest BCUT2D eigenvalue weighted by Gasteiger charge is 2.21. The molecule has 14 heavy (non-hydrogen) atoms. The molecule has 2 rings (SSSR count). The van der Waals surface area contributed by atoms with Crippen LogP contribution in [0, 0.1) is 5.92 Å². The SMILES string of the molecule is O=C(Cc1cncs1)C1CCCCC1. The third-order valence-electron chi connectivity index (χ3n) is 2.89. The summed E-state index contributed by atoms with van der Waals surface area (Å²) in [6.07, 6.45) is 8.42. The molecule has 1 saturated carbocycles. The fourth-order valence-electron chi connectivity index (χ4n) is 2.07. The Balaban J connectivity index is 1.88. The van der Waals surface area contributed by atoms with Crippen molar-refractivity contribution in [2.75, 3.05) is 0 Å². The van der Waals surface area contributed by atoms with Gasteiger partial charge in [0.15, 0.2) is 0 Å². The molecule has 1 aliphatic carbocycles. The number of thiazole rings is 1. The molecule has 0 spiro atoms. The van der Waals surface area contributed by atoms with Crippen LogP contribution in [0.5, 0.6) is 0 Å². The molecule has 1 fully saturated rings. The lowest BCUT2D eigenvalue weighted by molar-refractivity contribution is -0.123. The molecule has 1 aromatic rings. The van der Waals surface area contributed by atoms with Crippen LogP contribution in [0.25, 0.3) is 0 Å². The molecule has 0 aromatic carbocycles. The number of hydrogen-bond acceptors (Lipinski definition) is 3. The van der Waals surface area contributed by atoms with E-state index in [1.165, 1.54) is 19.3 Å². The Labute approximate surface area is 88.4 Å². The van der Waals surface area contributed by atoms with Crippen LogP contribution in [0.3, 0.4) is 0 Å². The zero-order valence-corrected chi connectivity index (χ0v) is 9.05. The molecule has 1 aliphatic rings. The third kappa shape index (κ3) is 2.41. The van der Waals surface area contributed by atoms with Gasteiger partial charge in [-0.25, -0.2) is 0 Å². The summed E-state index contributed by atoms with van der Waals surface area (Å²) in [7, 11) is 0. The van der Waals surface area contributed by atoms with E-state index in [-0.39, 0.29) is 0 Å². The molecule has 0 bridgehead atoms. The van der Waals surface area contributed by atoms with Crippen LogP contribution in [0.2, 0.25) is 0 Å². The first-order chi connectivity index (χ1) is 6.86. The monoisotopic (exact) mass is 209 g/mol. The van der Waals surface area contributed by atoms with Crippen LogP contribution in [0.4, 0.5) is 0 Å². The van der Waals surface area contributed by atoms with Gasteiger partial charge in [-0.3, -0.25) is 9.78 Å². The number of hydrogen-bond donors (Lipinski definition) is 0. The molecule has 0 atom stereocenters. The van der Waals surface area contributed by atoms with Crippen molar-refractivity contribution in [1.29, 1.82) is 0 Å². The van der Waals surface area contributed by atoms with Crippen LogP contribution in [-0.2, 0) is 11.2 Å². The maximum absolute atomic E-state index is 11.8. The first-order valence-electron chi connectivity index (χ1n) is 5.26. The molecule has 0 aliphatic heterocycles. The van der Waals surface area contributed by atoms with E-state index in [1.807, 2.05) is 6.20 Å². The number of nitrogens with zero attached hydrogens (tertiary/aromatic N) is 1. The van der Waals surface area contributed by atoms with Crippen LogP contribution in [0.1, 0.15) is 37.0 Å². The number of carbonyl (C=O) groups is 1. The number of rotatable bonds is 3. The van der Waals surface area contributed by atoms with Gasteiger partial charge in [0, 0.05) is 23.4 Å². The second-order valence-electron chi connectivity index (χ2n) is 3.95. The topological polar surface area (TPSA) is 30.0 Å². The van der Waals surface area contributed by atoms with E-state index >= 15 is 0 Å². The van der Waals surface area contributed by atoms with E-state index in [0.29, 0.717) is 18.1 Å². The van der Waals surface area contributed by atoms with E-state index in [1.54, 1.807) is 16.8 Å². The smallest absolute Gasteiger partial charge is 0.141 e. The Morgan fingerprint density at radius 3 is 2.86 bits per heavy atom. The van der Waals surface area contributed by atoms with Crippen molar-refractivity contribution < 1.29 is 4.79 Å². The van der Waals surface area contributed by atoms with Gasteiger partial charge >= 0.3 is 0 Å². The zero-order chi connectivity index (χ0) is 9.80. The molecule has 3 heteroatoms. The molecule has 1 aromatic heterocycles. The molecule has 1 heterocycles. The number of ketones is 1. The van der Waals surface area contributed by atoms with Crippen molar-refractivity contribution in [2.24, 2.45) is 5.92 Å². The first-order valence-corrected chi connectivity index (χ1v) is 6.14. The Kier molecular flexibility index (Phi) is 3.30. The minimum atomic E-state index is 0.339. The third-order valence-corrected chi connectivity index (χ3v) is 3.67. The standard InChI is InChI=1S/C11H15NOS/c13-11(6-10-7-12-8-14-10)9-4-2-1-3-5-9/h7-9H,1-6H2. The van der Waals surface area contributed by atoms with Crippen molar-refractivity contribution in [3.63, 3.8) is 0 Å². The first kappa shape index (κ1) is 9.84. The second kappa shape index (κ2) is 4.69. The molecule has 0 N–H and O–H groups in total. The molecular formula is C11H15NOS. The van der Waals surface area contributed by atoms with Gasteiger partial charge in [0.2, 0.25) is 0 Å². The van der Waals surface area contributed by atoms with Crippen molar-refractivity contribution >= 4 is 17.1 Å². The molecule has 0 saturated heterocycles. The Morgan fingerprint density at radius 1 is 1.43 bits per heavy atom. The number of Topliss-reactive ketones (excluding diaryl/α,β-unsaturated/α-hetero) is 1. The van der Waals surface area contributed by atoms with E-state index < -0.39 is 0 Å². The molecular weight excluding hydrogens is 194 g/mol. The summed E-state index contributed by atoms with van der Waals surface area (Å²) in [6.45, 7) is 0. The normalized spacial score (nSPS) is 18.3. The fraction of sp³-hybridized carbons (Fsp3) is 0.636. The number of aromatic nitrogens is 1. The Hall–Kier alpha value is -0.700.